The lowest BCUT2D eigenvalue weighted by Gasteiger charge is -2.08. The molecule has 0 bridgehead atoms. The number of aromatic amines is 1. The topological polar surface area (TPSA) is 72.3 Å². The van der Waals surface area contributed by atoms with E-state index in [1.54, 1.807) is 30.5 Å². The summed E-state index contributed by atoms with van der Waals surface area (Å²) in [6.45, 7) is 0. The van der Waals surface area contributed by atoms with Crippen LogP contribution in [0.5, 0.6) is 5.88 Å². The first-order chi connectivity index (χ1) is 16.7. The van der Waals surface area contributed by atoms with Crippen molar-refractivity contribution in [3.05, 3.63) is 94.0 Å². The Kier molecular flexibility index (Phi) is 5.56. The fourth-order valence-corrected chi connectivity index (χ4v) is 3.94. The van der Waals surface area contributed by atoms with Gasteiger partial charge < -0.3 is 4.74 Å². The second-order valence-electron chi connectivity index (χ2n) is 7.68. The normalized spacial score (nSPS) is 11.7. The Bertz CT molecular complexity index is 1590. The molecule has 6 nitrogen and oxygen atoms in total. The number of benzene rings is 2. The number of halogens is 4. The highest BCUT2D eigenvalue weighted by atomic mass is 35.5. The maximum absolute atomic E-state index is 13.9. The fourth-order valence-electron chi connectivity index (χ4n) is 3.81. The first kappa shape index (κ1) is 22.7. The number of alkyl halides is 3. The van der Waals surface area contributed by atoms with Crippen LogP contribution in [0.25, 0.3) is 39.2 Å². The highest BCUT2D eigenvalue weighted by Crippen LogP contribution is 2.39. The van der Waals surface area contributed by atoms with Gasteiger partial charge in [-0.1, -0.05) is 41.9 Å². The van der Waals surface area contributed by atoms with E-state index >= 15 is 0 Å². The van der Waals surface area contributed by atoms with Gasteiger partial charge in [0.2, 0.25) is 5.88 Å². The van der Waals surface area contributed by atoms with E-state index in [1.807, 2.05) is 12.1 Å². The molecule has 0 saturated carbocycles. The molecular formula is C25H16ClF3N4O2. The molecule has 0 spiro atoms. The second kappa shape index (κ2) is 8.59. The third-order valence-corrected chi connectivity index (χ3v) is 5.72. The van der Waals surface area contributed by atoms with E-state index < -0.39 is 17.4 Å². The Morgan fingerprint density at radius 3 is 2.31 bits per heavy atom. The van der Waals surface area contributed by atoms with Gasteiger partial charge >= 0.3 is 6.18 Å². The van der Waals surface area contributed by atoms with Gasteiger partial charge in [-0.05, 0) is 35.4 Å². The number of nitrogens with one attached hydrogen (secondary N) is 1. The van der Waals surface area contributed by atoms with E-state index in [0.717, 1.165) is 15.6 Å². The van der Waals surface area contributed by atoms with Gasteiger partial charge in [0.1, 0.15) is 5.69 Å². The van der Waals surface area contributed by atoms with Crippen molar-refractivity contribution >= 4 is 17.2 Å². The molecule has 0 unspecified atom stereocenters. The van der Waals surface area contributed by atoms with Crippen LogP contribution in [0.3, 0.4) is 0 Å². The van der Waals surface area contributed by atoms with Crippen LogP contribution < -0.4 is 10.3 Å². The summed E-state index contributed by atoms with van der Waals surface area (Å²) in [5, 5.41) is 2.55. The van der Waals surface area contributed by atoms with Crippen molar-refractivity contribution in [2.45, 2.75) is 6.18 Å². The summed E-state index contributed by atoms with van der Waals surface area (Å²) in [4.78, 5) is 21.5. The predicted octanol–water partition coefficient (Wildman–Crippen LogP) is 6.10. The molecule has 0 aliphatic rings. The van der Waals surface area contributed by atoms with Crippen molar-refractivity contribution in [2.24, 2.45) is 0 Å². The molecule has 0 radical (unpaired) electrons. The van der Waals surface area contributed by atoms with Crippen LogP contribution in [0.1, 0.15) is 5.69 Å². The number of nitrogens with zero attached hydrogens (tertiary/aromatic N) is 3. The Balaban J connectivity index is 1.70. The lowest BCUT2D eigenvalue weighted by molar-refractivity contribution is -0.140. The lowest BCUT2D eigenvalue weighted by Crippen LogP contribution is -2.15. The minimum atomic E-state index is -4.74. The van der Waals surface area contributed by atoms with Gasteiger partial charge in [-0.25, -0.2) is 14.5 Å². The van der Waals surface area contributed by atoms with Gasteiger partial charge in [0.05, 0.1) is 18.4 Å². The highest BCUT2D eigenvalue weighted by Gasteiger charge is 2.38. The van der Waals surface area contributed by atoms with Crippen molar-refractivity contribution in [3.8, 4) is 39.4 Å². The van der Waals surface area contributed by atoms with Crippen LogP contribution in [0, 0.1) is 0 Å². The molecule has 3 aromatic heterocycles. The Hall–Kier alpha value is -4.11. The zero-order valence-electron chi connectivity index (χ0n) is 18.1. The van der Waals surface area contributed by atoms with E-state index in [0.29, 0.717) is 16.5 Å². The number of hydrogen-bond donors (Lipinski definition) is 1. The first-order valence-corrected chi connectivity index (χ1v) is 10.7. The SMILES string of the molecule is COc1ccc(-c2cccc(-c3cc(=O)n4[nH]c(C(F)(F)F)c(-c5ccc(Cl)cc5)c4n3)c2)cn1. The van der Waals surface area contributed by atoms with Crippen LogP contribution in [0.4, 0.5) is 13.2 Å². The van der Waals surface area contributed by atoms with Crippen molar-refractivity contribution in [3.63, 3.8) is 0 Å². The first-order valence-electron chi connectivity index (χ1n) is 10.3. The van der Waals surface area contributed by atoms with Crippen molar-refractivity contribution in [1.82, 2.24) is 19.6 Å². The molecule has 2 aromatic carbocycles. The average molecular weight is 497 g/mol. The summed E-state index contributed by atoms with van der Waals surface area (Å²) >= 11 is 5.92. The number of aromatic nitrogens is 4. The van der Waals surface area contributed by atoms with Gasteiger partial charge in [0.25, 0.3) is 5.56 Å². The van der Waals surface area contributed by atoms with Crippen LogP contribution in [0.15, 0.2) is 77.7 Å². The van der Waals surface area contributed by atoms with E-state index in [4.69, 9.17) is 16.3 Å². The fraction of sp³-hybridized carbons (Fsp3) is 0.0800. The zero-order valence-corrected chi connectivity index (χ0v) is 18.9. The van der Waals surface area contributed by atoms with Crippen LogP contribution in [0.2, 0.25) is 5.02 Å². The quantitative estimate of drug-likeness (QED) is 0.326. The molecule has 5 aromatic rings. The number of H-pyrrole nitrogens is 1. The molecule has 0 atom stereocenters. The number of fused-ring (bicyclic) bond motifs is 1. The van der Waals surface area contributed by atoms with Crippen molar-refractivity contribution in [1.29, 1.82) is 0 Å². The summed E-state index contributed by atoms with van der Waals surface area (Å²) in [6.07, 6.45) is -3.10. The molecule has 0 saturated heterocycles. The summed E-state index contributed by atoms with van der Waals surface area (Å²) in [7, 11) is 1.52. The smallest absolute Gasteiger partial charge is 0.433 e. The van der Waals surface area contributed by atoms with Gasteiger partial charge in [0, 0.05) is 34.5 Å². The second-order valence-corrected chi connectivity index (χ2v) is 8.11. The van der Waals surface area contributed by atoms with E-state index in [9.17, 15) is 18.0 Å². The van der Waals surface area contributed by atoms with Gasteiger partial charge in [0.15, 0.2) is 5.65 Å². The van der Waals surface area contributed by atoms with E-state index in [-0.39, 0.29) is 22.5 Å². The maximum atomic E-state index is 13.9. The number of pyridine rings is 1. The van der Waals surface area contributed by atoms with Crippen molar-refractivity contribution < 1.29 is 17.9 Å². The largest absolute Gasteiger partial charge is 0.481 e. The molecule has 3 heterocycles. The number of hydrogen-bond acceptors (Lipinski definition) is 4. The summed E-state index contributed by atoms with van der Waals surface area (Å²) in [5.41, 5.74) is 0.503. The van der Waals surface area contributed by atoms with Gasteiger partial charge in [-0.15, -0.1) is 0 Å². The monoisotopic (exact) mass is 496 g/mol. The molecule has 0 amide bonds. The number of ether oxygens (including phenoxy) is 1. The minimum absolute atomic E-state index is 0.140. The predicted molar refractivity (Wildman–Crippen MR) is 126 cm³/mol. The minimum Gasteiger partial charge on any atom is -0.481 e. The molecule has 0 fully saturated rings. The third kappa shape index (κ3) is 4.26. The molecule has 35 heavy (non-hydrogen) atoms. The number of methoxy groups -OCH3 is 1. The van der Waals surface area contributed by atoms with E-state index in [1.165, 1.54) is 37.4 Å². The van der Waals surface area contributed by atoms with Crippen LogP contribution in [-0.2, 0) is 6.18 Å². The third-order valence-electron chi connectivity index (χ3n) is 5.47. The molecule has 10 heteroatoms. The summed E-state index contributed by atoms with van der Waals surface area (Å²) in [6, 6.07) is 17.8. The van der Waals surface area contributed by atoms with Crippen LogP contribution >= 0.6 is 11.6 Å². The molecule has 5 rings (SSSR count). The molecule has 1 N–H and O–H groups in total. The Labute approximate surface area is 201 Å². The average Bonchev–Trinajstić information content (AvgIpc) is 3.26. The van der Waals surface area contributed by atoms with E-state index in [2.05, 4.69) is 15.1 Å². The summed E-state index contributed by atoms with van der Waals surface area (Å²) < 4.78 is 47.5. The van der Waals surface area contributed by atoms with Crippen LogP contribution in [-0.4, -0.2) is 26.7 Å². The maximum Gasteiger partial charge on any atom is 0.433 e. The number of rotatable bonds is 4. The Morgan fingerprint density at radius 2 is 1.66 bits per heavy atom. The van der Waals surface area contributed by atoms with Gasteiger partial charge in [-0.3, -0.25) is 9.89 Å². The molecule has 0 aliphatic heterocycles. The Morgan fingerprint density at radius 1 is 0.943 bits per heavy atom. The molecule has 176 valence electrons. The summed E-state index contributed by atoms with van der Waals surface area (Å²) in [5.74, 6) is 0.465. The standard InChI is InChI=1S/C25H16ClF3N4O2/c1-35-20-10-7-17(13-30-20)15-3-2-4-16(11-15)19-12-21(34)33-24(31-19)22(23(32-33)25(27,28)29)14-5-8-18(26)9-6-14/h2-13,32H,1H3. The highest BCUT2D eigenvalue weighted by molar-refractivity contribution is 6.30. The van der Waals surface area contributed by atoms with Crippen molar-refractivity contribution in [2.75, 3.05) is 7.11 Å². The zero-order chi connectivity index (χ0) is 24.7. The lowest BCUT2D eigenvalue weighted by atomic mass is 10.0. The van der Waals surface area contributed by atoms with Gasteiger partial charge in [-0.2, -0.15) is 13.2 Å². The molecular weight excluding hydrogens is 481 g/mol. The molecule has 0 aliphatic carbocycles.